The first-order chi connectivity index (χ1) is 5.27. The number of hydrogen-bond acceptors (Lipinski definition) is 2. The second-order valence-corrected chi connectivity index (χ2v) is 2.70. The Balaban J connectivity index is -0.000000500. The van der Waals surface area contributed by atoms with Crippen molar-refractivity contribution < 1.29 is 40.9 Å². The Bertz CT molecular complexity index is 114. The SMILES string of the molecule is NCCCCCCCC(=O)O.[H-].[Na+]. The summed E-state index contributed by atoms with van der Waals surface area (Å²) in [6.45, 7) is 0.749. The van der Waals surface area contributed by atoms with E-state index < -0.39 is 5.97 Å². The predicted molar refractivity (Wildman–Crippen MR) is 45.5 cm³/mol. The van der Waals surface area contributed by atoms with Crippen LogP contribution in [-0.2, 0) is 4.79 Å². The van der Waals surface area contributed by atoms with E-state index in [0.29, 0.717) is 6.42 Å². The molecule has 0 heterocycles. The number of unbranched alkanes of at least 4 members (excludes halogenated alkanes) is 4. The zero-order valence-electron chi connectivity index (χ0n) is 8.88. The van der Waals surface area contributed by atoms with Gasteiger partial charge in [0.25, 0.3) is 0 Å². The summed E-state index contributed by atoms with van der Waals surface area (Å²) in [6, 6.07) is 0. The molecule has 0 aliphatic rings. The first-order valence-corrected chi connectivity index (χ1v) is 4.19. The van der Waals surface area contributed by atoms with Crippen LogP contribution >= 0.6 is 0 Å². The second-order valence-electron chi connectivity index (χ2n) is 2.70. The Morgan fingerprint density at radius 1 is 1.17 bits per heavy atom. The third-order valence-corrected chi connectivity index (χ3v) is 1.59. The van der Waals surface area contributed by atoms with E-state index in [4.69, 9.17) is 10.8 Å². The standard InChI is InChI=1S/C8H17NO2.Na.H/c9-7-5-3-1-2-4-6-8(10)11;;/h1-7,9H2,(H,10,11);;/q;+1;-1. The van der Waals surface area contributed by atoms with Gasteiger partial charge in [0.2, 0.25) is 0 Å². The Labute approximate surface area is 97.5 Å². The monoisotopic (exact) mass is 183 g/mol. The number of nitrogens with two attached hydrogens (primary N) is 1. The largest absolute Gasteiger partial charge is 1.00 e. The van der Waals surface area contributed by atoms with Crippen molar-refractivity contribution in [3.63, 3.8) is 0 Å². The van der Waals surface area contributed by atoms with Crippen LogP contribution in [0.15, 0.2) is 0 Å². The minimum atomic E-state index is -0.691. The summed E-state index contributed by atoms with van der Waals surface area (Å²) in [5.74, 6) is -0.691. The maximum Gasteiger partial charge on any atom is 1.00 e. The fourth-order valence-electron chi connectivity index (χ4n) is 0.951. The van der Waals surface area contributed by atoms with E-state index in [2.05, 4.69) is 0 Å². The topological polar surface area (TPSA) is 63.3 Å². The van der Waals surface area contributed by atoms with Crippen LogP contribution in [0.2, 0.25) is 0 Å². The van der Waals surface area contributed by atoms with Crippen LogP contribution in [0.3, 0.4) is 0 Å². The Hall–Kier alpha value is 0.430. The summed E-state index contributed by atoms with van der Waals surface area (Å²) in [6.07, 6.45) is 5.45. The van der Waals surface area contributed by atoms with Crippen LogP contribution in [0, 0.1) is 0 Å². The molecule has 0 amide bonds. The zero-order chi connectivity index (χ0) is 8.53. The Kier molecular flexibility index (Phi) is 14.2. The maximum absolute atomic E-state index is 10.1. The van der Waals surface area contributed by atoms with Crippen LogP contribution in [0.5, 0.6) is 0 Å². The van der Waals surface area contributed by atoms with Gasteiger partial charge in [-0.05, 0) is 19.4 Å². The van der Waals surface area contributed by atoms with Gasteiger partial charge in [0, 0.05) is 6.42 Å². The molecule has 0 bridgehead atoms. The molecule has 0 rings (SSSR count). The first kappa shape index (κ1) is 14.9. The molecular weight excluding hydrogens is 165 g/mol. The van der Waals surface area contributed by atoms with Crippen molar-refractivity contribution in [3.05, 3.63) is 0 Å². The van der Waals surface area contributed by atoms with E-state index in [1.165, 1.54) is 0 Å². The molecule has 0 aromatic heterocycles. The molecule has 0 aromatic carbocycles. The van der Waals surface area contributed by atoms with Gasteiger partial charge < -0.3 is 12.3 Å². The van der Waals surface area contributed by atoms with Gasteiger partial charge in [-0.3, -0.25) is 4.79 Å². The van der Waals surface area contributed by atoms with Crippen LogP contribution in [0.25, 0.3) is 0 Å². The molecule has 0 aliphatic heterocycles. The Morgan fingerprint density at radius 3 is 2.17 bits per heavy atom. The molecule has 68 valence electrons. The van der Waals surface area contributed by atoms with Crippen molar-refractivity contribution in [2.24, 2.45) is 5.73 Å². The van der Waals surface area contributed by atoms with Crippen molar-refractivity contribution in [2.45, 2.75) is 38.5 Å². The van der Waals surface area contributed by atoms with Crippen molar-refractivity contribution in [1.29, 1.82) is 0 Å². The normalized spacial score (nSPS) is 9.08. The van der Waals surface area contributed by atoms with Gasteiger partial charge in [-0.2, -0.15) is 0 Å². The average Bonchev–Trinajstić information content (AvgIpc) is 1.96. The van der Waals surface area contributed by atoms with Crippen LogP contribution in [0.4, 0.5) is 0 Å². The number of carboxylic acids is 1. The van der Waals surface area contributed by atoms with E-state index in [0.717, 1.165) is 38.6 Å². The summed E-state index contributed by atoms with van der Waals surface area (Å²) in [5.41, 5.74) is 5.30. The van der Waals surface area contributed by atoms with E-state index in [1.807, 2.05) is 0 Å². The molecule has 12 heavy (non-hydrogen) atoms. The predicted octanol–water partition coefficient (Wildman–Crippen LogP) is -1.51. The molecule has 0 spiro atoms. The van der Waals surface area contributed by atoms with Crippen molar-refractivity contribution >= 4 is 5.97 Å². The third kappa shape index (κ3) is 13.1. The Morgan fingerprint density at radius 2 is 1.67 bits per heavy atom. The summed E-state index contributed by atoms with van der Waals surface area (Å²) in [5, 5.41) is 8.30. The van der Waals surface area contributed by atoms with Crippen LogP contribution < -0.4 is 35.3 Å². The van der Waals surface area contributed by atoms with E-state index in [9.17, 15) is 4.79 Å². The summed E-state index contributed by atoms with van der Waals surface area (Å²) >= 11 is 0. The fraction of sp³-hybridized carbons (Fsp3) is 0.875. The van der Waals surface area contributed by atoms with Gasteiger partial charge >= 0.3 is 35.5 Å². The molecule has 3 nitrogen and oxygen atoms in total. The fourth-order valence-corrected chi connectivity index (χ4v) is 0.951. The molecule has 0 aliphatic carbocycles. The molecule has 0 atom stereocenters. The van der Waals surface area contributed by atoms with Gasteiger partial charge in [0.1, 0.15) is 0 Å². The van der Waals surface area contributed by atoms with E-state index in [1.54, 1.807) is 0 Å². The minimum Gasteiger partial charge on any atom is -1.00 e. The average molecular weight is 183 g/mol. The van der Waals surface area contributed by atoms with Crippen molar-refractivity contribution in [2.75, 3.05) is 6.54 Å². The number of hydrogen-bond donors (Lipinski definition) is 2. The van der Waals surface area contributed by atoms with Gasteiger partial charge in [0.15, 0.2) is 0 Å². The molecule has 0 unspecified atom stereocenters. The van der Waals surface area contributed by atoms with E-state index in [-0.39, 0.29) is 31.0 Å². The molecule has 0 saturated heterocycles. The van der Waals surface area contributed by atoms with Gasteiger partial charge in [-0.25, -0.2) is 0 Å². The van der Waals surface area contributed by atoms with Gasteiger partial charge in [-0.1, -0.05) is 19.3 Å². The minimum absolute atomic E-state index is 0. The molecule has 0 saturated carbocycles. The third-order valence-electron chi connectivity index (χ3n) is 1.59. The number of carboxylic acid groups (broad SMARTS) is 1. The van der Waals surface area contributed by atoms with Crippen LogP contribution in [0.1, 0.15) is 40.0 Å². The number of rotatable bonds is 7. The maximum atomic E-state index is 10.1. The van der Waals surface area contributed by atoms with Crippen molar-refractivity contribution in [1.82, 2.24) is 0 Å². The molecule has 0 fully saturated rings. The second kappa shape index (κ2) is 11.4. The summed E-state index contributed by atoms with van der Waals surface area (Å²) in [7, 11) is 0. The summed E-state index contributed by atoms with van der Waals surface area (Å²) < 4.78 is 0. The first-order valence-electron chi connectivity index (χ1n) is 4.19. The van der Waals surface area contributed by atoms with Gasteiger partial charge in [0.05, 0.1) is 0 Å². The summed E-state index contributed by atoms with van der Waals surface area (Å²) in [4.78, 5) is 10.1. The van der Waals surface area contributed by atoms with Crippen LogP contribution in [-0.4, -0.2) is 17.6 Å². The molecule has 0 aromatic rings. The number of carbonyl (C=O) groups is 1. The molecule has 3 N–H and O–H groups in total. The van der Waals surface area contributed by atoms with Crippen molar-refractivity contribution in [3.8, 4) is 0 Å². The molecular formula is C8H18NNaO2. The quantitative estimate of drug-likeness (QED) is 0.372. The van der Waals surface area contributed by atoms with E-state index >= 15 is 0 Å². The zero-order valence-corrected chi connectivity index (χ0v) is 9.88. The van der Waals surface area contributed by atoms with Gasteiger partial charge in [-0.15, -0.1) is 0 Å². The molecule has 4 heteroatoms. The molecule has 0 radical (unpaired) electrons. The number of aliphatic carboxylic acids is 1. The smallest absolute Gasteiger partial charge is 1.00 e.